The molecule has 0 fully saturated rings. The van der Waals surface area contributed by atoms with E-state index in [-0.39, 0.29) is 5.91 Å². The number of carbonyl (C=O) groups excluding carboxylic acids is 1. The molecule has 3 aromatic heterocycles. The molecule has 0 aliphatic carbocycles. The number of para-hydroxylation sites is 1. The topological polar surface area (TPSA) is 62.2 Å². The van der Waals surface area contributed by atoms with E-state index in [0.29, 0.717) is 11.6 Å². The number of rotatable bonds is 5. The van der Waals surface area contributed by atoms with Crippen molar-refractivity contribution in [3.8, 4) is 0 Å². The Morgan fingerprint density at radius 3 is 2.76 bits per heavy atom. The lowest BCUT2D eigenvalue weighted by Gasteiger charge is -2.05. The monoisotopic (exact) mass is 386 g/mol. The number of benzene rings is 1. The fraction of sp³-hybridized carbons (Fsp3) is 0.111. The van der Waals surface area contributed by atoms with Gasteiger partial charge in [-0.3, -0.25) is 4.79 Å². The van der Waals surface area contributed by atoms with Crippen LogP contribution in [0.3, 0.4) is 0 Å². The van der Waals surface area contributed by atoms with Gasteiger partial charge in [0.15, 0.2) is 5.01 Å². The number of hydrogen-bond acceptors (Lipinski definition) is 6. The fourth-order valence-electron chi connectivity index (χ4n) is 2.44. The quantitative estimate of drug-likeness (QED) is 0.533. The van der Waals surface area contributed by atoms with E-state index < -0.39 is 6.10 Å². The van der Waals surface area contributed by atoms with E-state index in [9.17, 15) is 9.90 Å². The molecule has 4 rings (SSSR count). The summed E-state index contributed by atoms with van der Waals surface area (Å²) in [4.78, 5) is 19.5. The molecular weight excluding hydrogens is 372 g/mol. The summed E-state index contributed by atoms with van der Waals surface area (Å²) in [6, 6.07) is 15.4. The lowest BCUT2D eigenvalue weighted by molar-refractivity contribution is 0.0951. The number of nitrogens with one attached hydrogen (secondary N) is 1. The highest BCUT2D eigenvalue weighted by Crippen LogP contribution is 2.31. The minimum atomic E-state index is -0.598. The fourth-order valence-corrected chi connectivity index (χ4v) is 5.08. The van der Waals surface area contributed by atoms with Crippen molar-refractivity contribution in [3.63, 3.8) is 0 Å². The van der Waals surface area contributed by atoms with Gasteiger partial charge in [-0.15, -0.1) is 34.0 Å². The van der Waals surface area contributed by atoms with Gasteiger partial charge in [-0.2, -0.15) is 0 Å². The molecule has 0 aliphatic rings. The van der Waals surface area contributed by atoms with Crippen LogP contribution >= 0.6 is 34.0 Å². The second-order valence-corrected chi connectivity index (χ2v) is 8.60. The highest BCUT2D eigenvalue weighted by molar-refractivity contribution is 7.20. The largest absolute Gasteiger partial charge is 0.382 e. The van der Waals surface area contributed by atoms with Gasteiger partial charge in [-0.05, 0) is 35.7 Å². The van der Waals surface area contributed by atoms with Crippen molar-refractivity contribution >= 4 is 50.1 Å². The third kappa shape index (κ3) is 3.50. The summed E-state index contributed by atoms with van der Waals surface area (Å²) < 4.78 is 1.00. The van der Waals surface area contributed by atoms with E-state index in [2.05, 4.69) is 10.3 Å². The number of nitrogens with zero attached hydrogens (tertiary/aromatic N) is 1. The van der Waals surface area contributed by atoms with Crippen LogP contribution in [0.1, 0.15) is 30.5 Å². The molecule has 0 spiro atoms. The second kappa shape index (κ2) is 7.05. The molecule has 1 atom stereocenters. The van der Waals surface area contributed by atoms with Crippen LogP contribution in [0.2, 0.25) is 0 Å². The lowest BCUT2D eigenvalue weighted by Crippen LogP contribution is -2.22. The zero-order chi connectivity index (χ0) is 17.2. The number of aromatic nitrogens is 1. The maximum atomic E-state index is 12.3. The number of amides is 1. The van der Waals surface area contributed by atoms with Gasteiger partial charge < -0.3 is 10.4 Å². The van der Waals surface area contributed by atoms with Crippen LogP contribution in [0, 0.1) is 0 Å². The molecule has 1 unspecified atom stereocenters. The highest BCUT2D eigenvalue weighted by Gasteiger charge is 2.15. The Morgan fingerprint density at radius 2 is 1.96 bits per heavy atom. The number of thiophene rings is 2. The maximum absolute atomic E-state index is 12.3. The Kier molecular flexibility index (Phi) is 4.63. The Morgan fingerprint density at radius 1 is 1.08 bits per heavy atom. The summed E-state index contributed by atoms with van der Waals surface area (Å²) in [7, 11) is 0. The molecule has 0 aliphatic heterocycles. The number of aliphatic hydroxyl groups is 1. The Labute approximate surface area is 156 Å². The summed E-state index contributed by atoms with van der Waals surface area (Å²) in [6.45, 7) is 0.427. The van der Waals surface area contributed by atoms with Gasteiger partial charge in [0.2, 0.25) is 0 Å². The molecule has 0 radical (unpaired) electrons. The second-order valence-electron chi connectivity index (χ2n) is 5.39. The molecule has 25 heavy (non-hydrogen) atoms. The zero-order valence-corrected chi connectivity index (χ0v) is 15.5. The van der Waals surface area contributed by atoms with Gasteiger partial charge in [-0.1, -0.05) is 18.2 Å². The molecule has 3 heterocycles. The molecule has 1 aromatic carbocycles. The van der Waals surface area contributed by atoms with E-state index in [4.69, 9.17) is 0 Å². The molecule has 2 N–H and O–H groups in total. The minimum absolute atomic E-state index is 0.171. The molecule has 0 bridgehead atoms. The normalized spacial score (nSPS) is 12.4. The van der Waals surface area contributed by atoms with Gasteiger partial charge in [0.25, 0.3) is 5.91 Å². The summed E-state index contributed by atoms with van der Waals surface area (Å²) in [6.07, 6.45) is -0.598. The molecule has 126 valence electrons. The Balaban J connectivity index is 1.42. The third-order valence-electron chi connectivity index (χ3n) is 3.68. The SMILES string of the molecule is O=C(NCc1ccc(C(O)c2cccs2)s1)c1nc2ccccc2s1. The third-order valence-corrected chi connectivity index (χ3v) is 6.77. The summed E-state index contributed by atoms with van der Waals surface area (Å²) in [5.41, 5.74) is 0.843. The van der Waals surface area contributed by atoms with Crippen molar-refractivity contribution in [1.29, 1.82) is 0 Å². The van der Waals surface area contributed by atoms with E-state index in [1.807, 2.05) is 53.9 Å². The van der Waals surface area contributed by atoms with Crippen molar-refractivity contribution in [2.45, 2.75) is 12.6 Å². The van der Waals surface area contributed by atoms with Crippen LogP contribution < -0.4 is 5.32 Å². The predicted molar refractivity (Wildman–Crippen MR) is 103 cm³/mol. The van der Waals surface area contributed by atoms with Gasteiger partial charge in [0.05, 0.1) is 16.8 Å². The van der Waals surface area contributed by atoms with E-state index >= 15 is 0 Å². The van der Waals surface area contributed by atoms with Crippen molar-refractivity contribution in [3.05, 3.63) is 73.6 Å². The van der Waals surface area contributed by atoms with E-state index in [0.717, 1.165) is 24.8 Å². The van der Waals surface area contributed by atoms with Crippen molar-refractivity contribution in [2.24, 2.45) is 0 Å². The van der Waals surface area contributed by atoms with Crippen LogP contribution in [0.5, 0.6) is 0 Å². The average Bonchev–Trinajstić information content (AvgIpc) is 3.39. The smallest absolute Gasteiger partial charge is 0.280 e. The molecule has 4 nitrogen and oxygen atoms in total. The summed E-state index contributed by atoms with van der Waals surface area (Å²) in [5.74, 6) is -0.171. The van der Waals surface area contributed by atoms with Crippen molar-refractivity contribution in [2.75, 3.05) is 0 Å². The maximum Gasteiger partial charge on any atom is 0.280 e. The average molecular weight is 387 g/mol. The van der Waals surface area contributed by atoms with Crippen LogP contribution in [-0.4, -0.2) is 16.0 Å². The highest BCUT2D eigenvalue weighted by atomic mass is 32.1. The summed E-state index contributed by atoms with van der Waals surface area (Å²) >= 11 is 4.43. The molecule has 1 amide bonds. The van der Waals surface area contributed by atoms with Gasteiger partial charge in [0, 0.05) is 14.6 Å². The van der Waals surface area contributed by atoms with E-state index in [1.54, 1.807) is 0 Å². The summed E-state index contributed by atoms with van der Waals surface area (Å²) in [5, 5.41) is 15.7. The first-order valence-corrected chi connectivity index (χ1v) is 10.2. The van der Waals surface area contributed by atoms with Gasteiger partial charge in [-0.25, -0.2) is 4.98 Å². The number of thiazole rings is 1. The van der Waals surface area contributed by atoms with Crippen LogP contribution in [0.4, 0.5) is 0 Å². The Hall–Kier alpha value is -2.06. The molecule has 0 saturated carbocycles. The van der Waals surface area contributed by atoms with Crippen LogP contribution in [0.15, 0.2) is 53.9 Å². The molecule has 4 aromatic rings. The Bertz CT molecular complexity index is 971. The van der Waals surface area contributed by atoms with Crippen molar-refractivity contribution < 1.29 is 9.90 Å². The first-order valence-electron chi connectivity index (χ1n) is 7.64. The number of carbonyl (C=O) groups is 1. The first kappa shape index (κ1) is 16.4. The molecule has 0 saturated heterocycles. The minimum Gasteiger partial charge on any atom is -0.382 e. The number of hydrogen-bond donors (Lipinski definition) is 2. The van der Waals surface area contributed by atoms with E-state index in [1.165, 1.54) is 34.0 Å². The number of fused-ring (bicyclic) bond motifs is 1. The van der Waals surface area contributed by atoms with Crippen molar-refractivity contribution in [1.82, 2.24) is 10.3 Å². The van der Waals surface area contributed by atoms with Crippen LogP contribution in [-0.2, 0) is 6.54 Å². The lowest BCUT2D eigenvalue weighted by atomic mass is 10.2. The van der Waals surface area contributed by atoms with Gasteiger partial charge >= 0.3 is 0 Å². The zero-order valence-electron chi connectivity index (χ0n) is 13.0. The van der Waals surface area contributed by atoms with Crippen LogP contribution in [0.25, 0.3) is 10.2 Å². The predicted octanol–water partition coefficient (Wildman–Crippen LogP) is 4.43. The number of aliphatic hydroxyl groups excluding tert-OH is 1. The first-order chi connectivity index (χ1) is 12.2. The molecule has 7 heteroatoms. The molecular formula is C18H14N2O2S3. The standard InChI is InChI=1S/C18H14N2O2S3/c21-16(14-6-3-9-23-14)15-8-7-11(24-15)10-19-17(22)18-20-12-4-1-2-5-13(12)25-18/h1-9,16,21H,10H2,(H,19,22). The van der Waals surface area contributed by atoms with Gasteiger partial charge in [0.1, 0.15) is 6.10 Å².